The van der Waals surface area contributed by atoms with Gasteiger partial charge in [0, 0.05) is 26.7 Å². The number of aromatic amines is 1. The second-order valence-corrected chi connectivity index (χ2v) is 4.44. The van der Waals surface area contributed by atoms with E-state index in [0.717, 1.165) is 50.5 Å². The molecule has 0 saturated heterocycles. The van der Waals surface area contributed by atoms with E-state index in [9.17, 15) is 0 Å². The van der Waals surface area contributed by atoms with Crippen molar-refractivity contribution in [3.05, 3.63) is 16.7 Å². The third-order valence-electron chi connectivity index (χ3n) is 2.55. The summed E-state index contributed by atoms with van der Waals surface area (Å²) in [7, 11) is 1.71. The van der Waals surface area contributed by atoms with Crippen molar-refractivity contribution in [2.75, 3.05) is 20.3 Å². The van der Waals surface area contributed by atoms with Crippen LogP contribution in [0.25, 0.3) is 0 Å². The van der Waals surface area contributed by atoms with Crippen LogP contribution in [0.15, 0.2) is 0 Å². The van der Waals surface area contributed by atoms with Crippen LogP contribution in [0.1, 0.15) is 37.7 Å². The van der Waals surface area contributed by atoms with Gasteiger partial charge in [0.1, 0.15) is 5.82 Å². The van der Waals surface area contributed by atoms with E-state index >= 15 is 0 Å². The first-order chi connectivity index (χ1) is 8.27. The molecule has 0 aliphatic heterocycles. The number of aryl methyl sites for hydroxylation is 1. The summed E-state index contributed by atoms with van der Waals surface area (Å²) < 4.78 is 4.98. The van der Waals surface area contributed by atoms with Gasteiger partial charge >= 0.3 is 0 Å². The predicted molar refractivity (Wildman–Crippen MR) is 70.4 cm³/mol. The number of ether oxygens (including phenoxy) is 1. The zero-order valence-corrected chi connectivity index (χ0v) is 11.4. The van der Waals surface area contributed by atoms with Gasteiger partial charge in [-0.1, -0.05) is 24.9 Å². The smallest absolute Gasteiger partial charge is 0.151 e. The summed E-state index contributed by atoms with van der Waals surface area (Å²) in [6.45, 7) is 4.61. The van der Waals surface area contributed by atoms with Gasteiger partial charge in [-0.3, -0.25) is 0 Å². The second kappa shape index (κ2) is 8.50. The molecular formula is C12H22ClN3O. The Morgan fingerprint density at radius 3 is 2.94 bits per heavy atom. The summed E-state index contributed by atoms with van der Waals surface area (Å²) in [4.78, 5) is 7.58. The zero-order valence-electron chi connectivity index (χ0n) is 10.7. The minimum Gasteiger partial charge on any atom is -0.385 e. The second-order valence-electron chi connectivity index (χ2n) is 4.08. The van der Waals surface area contributed by atoms with E-state index in [4.69, 9.17) is 16.3 Å². The van der Waals surface area contributed by atoms with Crippen molar-refractivity contribution in [1.82, 2.24) is 15.3 Å². The SMILES string of the molecule is CCCCc1nc(Cl)c(CNCCCOC)[nH]1. The fourth-order valence-electron chi connectivity index (χ4n) is 1.57. The summed E-state index contributed by atoms with van der Waals surface area (Å²) in [6, 6.07) is 0. The third kappa shape index (κ3) is 5.52. The quantitative estimate of drug-likeness (QED) is 0.670. The van der Waals surface area contributed by atoms with Crippen molar-refractivity contribution >= 4 is 11.6 Å². The van der Waals surface area contributed by atoms with Crippen LogP contribution >= 0.6 is 11.6 Å². The molecule has 1 aromatic heterocycles. The molecule has 0 bridgehead atoms. The number of nitrogens with one attached hydrogen (secondary N) is 2. The van der Waals surface area contributed by atoms with Gasteiger partial charge in [0.15, 0.2) is 5.15 Å². The van der Waals surface area contributed by atoms with E-state index < -0.39 is 0 Å². The molecule has 0 saturated carbocycles. The van der Waals surface area contributed by atoms with Gasteiger partial charge in [0.05, 0.1) is 5.69 Å². The monoisotopic (exact) mass is 259 g/mol. The minimum atomic E-state index is 0.593. The highest BCUT2D eigenvalue weighted by Gasteiger charge is 2.06. The third-order valence-corrected chi connectivity index (χ3v) is 2.86. The molecule has 0 radical (unpaired) electrons. The number of aromatic nitrogens is 2. The molecule has 0 aliphatic carbocycles. The average molecular weight is 260 g/mol. The molecule has 4 nitrogen and oxygen atoms in total. The normalized spacial score (nSPS) is 11.0. The number of halogens is 1. The number of imidazole rings is 1. The van der Waals surface area contributed by atoms with Gasteiger partial charge in [-0.2, -0.15) is 0 Å². The fourth-order valence-corrected chi connectivity index (χ4v) is 1.79. The number of hydrogen-bond donors (Lipinski definition) is 2. The molecule has 0 spiro atoms. The van der Waals surface area contributed by atoms with Crippen molar-refractivity contribution in [2.24, 2.45) is 0 Å². The summed E-state index contributed by atoms with van der Waals surface area (Å²) in [5.41, 5.74) is 0.982. The van der Waals surface area contributed by atoms with Gasteiger partial charge in [-0.25, -0.2) is 4.98 Å². The lowest BCUT2D eigenvalue weighted by Crippen LogP contribution is -2.16. The van der Waals surface area contributed by atoms with E-state index in [1.54, 1.807) is 7.11 Å². The van der Waals surface area contributed by atoms with Crippen molar-refractivity contribution in [1.29, 1.82) is 0 Å². The standard InChI is InChI=1S/C12H22ClN3O/c1-3-4-6-11-15-10(12(13)16-11)9-14-7-5-8-17-2/h14H,3-9H2,1-2H3,(H,15,16). The molecule has 1 aromatic rings. The van der Waals surface area contributed by atoms with Crippen molar-refractivity contribution in [3.8, 4) is 0 Å². The molecule has 0 unspecified atom stereocenters. The first kappa shape index (κ1) is 14.5. The van der Waals surface area contributed by atoms with Gasteiger partial charge in [-0.15, -0.1) is 0 Å². The summed E-state index contributed by atoms with van der Waals surface area (Å²) in [5.74, 6) is 0.991. The van der Waals surface area contributed by atoms with Gasteiger partial charge in [-0.05, 0) is 19.4 Å². The number of unbranched alkanes of at least 4 members (excludes halogenated alkanes) is 1. The molecule has 0 atom stereocenters. The van der Waals surface area contributed by atoms with Crippen LogP contribution < -0.4 is 5.32 Å². The largest absolute Gasteiger partial charge is 0.385 e. The van der Waals surface area contributed by atoms with Crippen LogP contribution in [0.2, 0.25) is 5.15 Å². The van der Waals surface area contributed by atoms with Crippen LogP contribution in [0.4, 0.5) is 0 Å². The number of methoxy groups -OCH3 is 1. The Morgan fingerprint density at radius 2 is 2.24 bits per heavy atom. The first-order valence-electron chi connectivity index (χ1n) is 6.20. The van der Waals surface area contributed by atoms with Crippen molar-refractivity contribution < 1.29 is 4.74 Å². The highest BCUT2D eigenvalue weighted by Crippen LogP contribution is 2.13. The first-order valence-corrected chi connectivity index (χ1v) is 6.58. The fraction of sp³-hybridized carbons (Fsp3) is 0.750. The maximum atomic E-state index is 6.06. The molecule has 1 heterocycles. The van der Waals surface area contributed by atoms with E-state index in [1.807, 2.05) is 0 Å². The average Bonchev–Trinajstić information content (AvgIpc) is 2.67. The van der Waals surface area contributed by atoms with Crippen LogP contribution in [0, 0.1) is 0 Å². The minimum absolute atomic E-state index is 0.593. The Morgan fingerprint density at radius 1 is 1.41 bits per heavy atom. The number of H-pyrrole nitrogens is 1. The topological polar surface area (TPSA) is 49.9 Å². The van der Waals surface area contributed by atoms with Crippen LogP contribution in [-0.4, -0.2) is 30.2 Å². The Balaban J connectivity index is 2.29. The molecule has 0 fully saturated rings. The summed E-state index contributed by atoms with van der Waals surface area (Å²) in [6.07, 6.45) is 4.29. The molecule has 0 aromatic carbocycles. The van der Waals surface area contributed by atoms with Crippen molar-refractivity contribution in [2.45, 2.75) is 39.2 Å². The lowest BCUT2D eigenvalue weighted by Gasteiger charge is -2.02. The Kier molecular flexibility index (Phi) is 7.24. The predicted octanol–water partition coefficient (Wildman–Crippen LogP) is 2.53. The van der Waals surface area contributed by atoms with E-state index in [2.05, 4.69) is 22.2 Å². The highest BCUT2D eigenvalue weighted by atomic mass is 35.5. The van der Waals surface area contributed by atoms with E-state index in [-0.39, 0.29) is 0 Å². The van der Waals surface area contributed by atoms with Crippen LogP contribution in [0.5, 0.6) is 0 Å². The Bertz CT molecular complexity index is 315. The highest BCUT2D eigenvalue weighted by molar-refractivity contribution is 6.30. The Labute approximate surface area is 108 Å². The maximum absolute atomic E-state index is 6.06. The molecule has 5 heteroatoms. The molecular weight excluding hydrogens is 238 g/mol. The molecule has 0 aliphatic rings. The van der Waals surface area contributed by atoms with Gasteiger partial charge in [0.25, 0.3) is 0 Å². The van der Waals surface area contributed by atoms with Crippen LogP contribution in [-0.2, 0) is 17.7 Å². The summed E-state index contributed by atoms with van der Waals surface area (Å²) in [5, 5.41) is 3.90. The van der Waals surface area contributed by atoms with E-state index in [1.165, 1.54) is 6.42 Å². The lowest BCUT2D eigenvalue weighted by atomic mass is 10.2. The lowest BCUT2D eigenvalue weighted by molar-refractivity contribution is 0.194. The van der Waals surface area contributed by atoms with Gasteiger partial charge < -0.3 is 15.0 Å². The zero-order chi connectivity index (χ0) is 12.5. The molecule has 1 rings (SSSR count). The molecule has 0 amide bonds. The van der Waals surface area contributed by atoms with Crippen molar-refractivity contribution in [3.63, 3.8) is 0 Å². The molecule has 2 N–H and O–H groups in total. The number of nitrogens with zero attached hydrogens (tertiary/aromatic N) is 1. The summed E-state index contributed by atoms with van der Waals surface area (Å²) >= 11 is 6.06. The van der Waals surface area contributed by atoms with E-state index in [0.29, 0.717) is 5.15 Å². The molecule has 98 valence electrons. The number of rotatable bonds is 9. The van der Waals surface area contributed by atoms with Gasteiger partial charge in [0.2, 0.25) is 0 Å². The molecule has 17 heavy (non-hydrogen) atoms. The van der Waals surface area contributed by atoms with Crippen LogP contribution in [0.3, 0.4) is 0 Å². The maximum Gasteiger partial charge on any atom is 0.151 e. The number of hydrogen-bond acceptors (Lipinski definition) is 3. The Hall–Kier alpha value is -0.580.